The number of nitrogens with one attached hydrogen (secondary N) is 2. The van der Waals surface area contributed by atoms with Gasteiger partial charge in [0.2, 0.25) is 21.8 Å². The minimum atomic E-state index is -3.57. The molecule has 0 spiro atoms. The molecule has 1 aliphatic heterocycles. The van der Waals surface area contributed by atoms with Gasteiger partial charge in [-0.25, -0.2) is 8.42 Å². The van der Waals surface area contributed by atoms with E-state index >= 15 is 0 Å². The van der Waals surface area contributed by atoms with Crippen LogP contribution in [0.15, 0.2) is 54.2 Å². The third-order valence-electron chi connectivity index (χ3n) is 5.13. The fraction of sp³-hybridized carbons (Fsp3) is 0.381. The Balaban J connectivity index is 1.51. The molecular formula is C21H27N5O4S. The molecule has 0 unspecified atom stereocenters. The van der Waals surface area contributed by atoms with Crippen LogP contribution in [0.3, 0.4) is 0 Å². The number of rotatable bonds is 8. The zero-order chi connectivity index (χ0) is 22.4. The highest BCUT2D eigenvalue weighted by Crippen LogP contribution is 2.20. The molecule has 31 heavy (non-hydrogen) atoms. The first-order valence-corrected chi connectivity index (χ1v) is 11.6. The van der Waals surface area contributed by atoms with Gasteiger partial charge in [0.05, 0.1) is 12.6 Å². The predicted molar refractivity (Wildman–Crippen MR) is 117 cm³/mol. The molecule has 0 atom stereocenters. The van der Waals surface area contributed by atoms with Crippen molar-refractivity contribution in [1.29, 1.82) is 0 Å². The molecule has 3 rings (SSSR count). The monoisotopic (exact) mass is 445 g/mol. The molecule has 9 nitrogen and oxygen atoms in total. The normalized spacial score (nSPS) is 15.4. The van der Waals surface area contributed by atoms with Gasteiger partial charge in [-0.05, 0) is 43.5 Å². The Bertz CT molecular complexity index is 1060. The van der Waals surface area contributed by atoms with Crippen LogP contribution in [-0.2, 0) is 32.6 Å². The summed E-state index contributed by atoms with van der Waals surface area (Å²) < 4.78 is 28.6. The van der Waals surface area contributed by atoms with Gasteiger partial charge in [-0.15, -0.1) is 0 Å². The largest absolute Gasteiger partial charge is 0.353 e. The van der Waals surface area contributed by atoms with Crippen molar-refractivity contribution in [3.8, 4) is 0 Å². The van der Waals surface area contributed by atoms with E-state index in [4.69, 9.17) is 0 Å². The fourth-order valence-corrected chi connectivity index (χ4v) is 4.88. The van der Waals surface area contributed by atoms with Crippen LogP contribution < -0.4 is 10.6 Å². The van der Waals surface area contributed by atoms with Crippen LogP contribution in [0.5, 0.6) is 0 Å². The summed E-state index contributed by atoms with van der Waals surface area (Å²) in [5.74, 6) is -0.455. The molecule has 2 aromatic rings. The number of amides is 2. The summed E-state index contributed by atoms with van der Waals surface area (Å²) in [7, 11) is -3.57. The Hall–Kier alpha value is -2.98. The number of hydrogen-bond donors (Lipinski definition) is 2. The Morgan fingerprint density at radius 3 is 2.68 bits per heavy atom. The van der Waals surface area contributed by atoms with Crippen molar-refractivity contribution in [2.75, 3.05) is 18.4 Å². The lowest BCUT2D eigenvalue weighted by atomic mass is 10.1. The van der Waals surface area contributed by atoms with Crippen molar-refractivity contribution in [2.45, 2.75) is 43.7 Å². The van der Waals surface area contributed by atoms with Crippen molar-refractivity contribution < 1.29 is 18.0 Å². The number of hydrogen-bond acceptors (Lipinski definition) is 5. The lowest BCUT2D eigenvalue weighted by Crippen LogP contribution is -2.46. The topological polar surface area (TPSA) is 113 Å². The number of benzene rings is 1. The van der Waals surface area contributed by atoms with Gasteiger partial charge in [-0.2, -0.15) is 9.40 Å². The first kappa shape index (κ1) is 22.7. The third-order valence-corrected chi connectivity index (χ3v) is 6.99. The molecule has 1 aromatic carbocycles. The molecule has 1 aliphatic rings. The number of piperidine rings is 1. The molecule has 166 valence electrons. The summed E-state index contributed by atoms with van der Waals surface area (Å²) >= 11 is 0. The molecule has 2 amide bonds. The molecule has 0 radical (unpaired) electrons. The summed E-state index contributed by atoms with van der Waals surface area (Å²) in [5, 5.41) is 9.69. The average molecular weight is 446 g/mol. The number of aryl methyl sites for hydroxylation is 1. The molecule has 1 aromatic heterocycles. The third kappa shape index (κ3) is 5.80. The quantitative estimate of drug-likeness (QED) is 0.599. The maximum absolute atomic E-state index is 12.8. The SMILES string of the molecule is C=CC(=O)Nc1cccc(CC(=O)NC2CCN(S(=O)(=O)c3cnn(CC)c3)CC2)c1. The molecule has 2 N–H and O–H groups in total. The van der Waals surface area contributed by atoms with Crippen molar-refractivity contribution in [3.05, 3.63) is 54.9 Å². The standard InChI is InChI=1S/C21H27N5O4S/c1-3-20(27)24-18-7-5-6-16(12-18)13-21(28)23-17-8-10-26(11-9-17)31(29,30)19-14-22-25(4-2)15-19/h3,5-7,12,14-15,17H,1,4,8-11,13H2,2H3,(H,23,28)(H,24,27). The summed E-state index contributed by atoms with van der Waals surface area (Å²) in [6.45, 7) is 6.59. The minimum Gasteiger partial charge on any atom is -0.353 e. The summed E-state index contributed by atoms with van der Waals surface area (Å²) in [6.07, 6.45) is 5.35. The van der Waals surface area contributed by atoms with Gasteiger partial charge in [-0.3, -0.25) is 14.3 Å². The van der Waals surface area contributed by atoms with Crippen molar-refractivity contribution in [1.82, 2.24) is 19.4 Å². The smallest absolute Gasteiger partial charge is 0.247 e. The van der Waals surface area contributed by atoms with Crippen LogP contribution in [0.25, 0.3) is 0 Å². The summed E-state index contributed by atoms with van der Waals surface area (Å²) in [4.78, 5) is 24.1. The minimum absolute atomic E-state index is 0.0824. The number of anilines is 1. The van der Waals surface area contributed by atoms with E-state index in [9.17, 15) is 18.0 Å². The first-order valence-electron chi connectivity index (χ1n) is 10.2. The van der Waals surface area contributed by atoms with Gasteiger partial charge in [0, 0.05) is 37.6 Å². The number of carbonyl (C=O) groups is 2. The molecule has 0 aliphatic carbocycles. The highest BCUT2D eigenvalue weighted by molar-refractivity contribution is 7.89. The van der Waals surface area contributed by atoms with Crippen LogP contribution in [0.1, 0.15) is 25.3 Å². The van der Waals surface area contributed by atoms with Crippen molar-refractivity contribution >= 4 is 27.5 Å². The highest BCUT2D eigenvalue weighted by Gasteiger charge is 2.30. The van der Waals surface area contributed by atoms with E-state index in [1.54, 1.807) is 22.9 Å². The second-order valence-electron chi connectivity index (χ2n) is 7.35. The lowest BCUT2D eigenvalue weighted by Gasteiger charge is -2.31. The summed E-state index contributed by atoms with van der Waals surface area (Å²) in [5.41, 5.74) is 1.37. The Morgan fingerprint density at radius 2 is 2.03 bits per heavy atom. The number of nitrogens with zero attached hydrogens (tertiary/aromatic N) is 3. The van der Waals surface area contributed by atoms with Crippen LogP contribution >= 0.6 is 0 Å². The molecule has 1 saturated heterocycles. The molecular weight excluding hydrogens is 418 g/mol. The van der Waals surface area contributed by atoms with E-state index < -0.39 is 10.0 Å². The maximum atomic E-state index is 12.8. The molecule has 0 saturated carbocycles. The van der Waals surface area contributed by atoms with Crippen LogP contribution in [-0.4, -0.2) is 53.4 Å². The molecule has 1 fully saturated rings. The zero-order valence-corrected chi connectivity index (χ0v) is 18.3. The highest BCUT2D eigenvalue weighted by atomic mass is 32.2. The van der Waals surface area contributed by atoms with E-state index in [2.05, 4.69) is 22.3 Å². The van der Waals surface area contributed by atoms with Crippen molar-refractivity contribution in [2.24, 2.45) is 0 Å². The first-order chi connectivity index (χ1) is 14.8. The van der Waals surface area contributed by atoms with E-state index in [1.807, 2.05) is 13.0 Å². The van der Waals surface area contributed by atoms with Gasteiger partial charge >= 0.3 is 0 Å². The van der Waals surface area contributed by atoms with Crippen molar-refractivity contribution in [3.63, 3.8) is 0 Å². The number of carbonyl (C=O) groups excluding carboxylic acids is 2. The predicted octanol–water partition coefficient (Wildman–Crippen LogP) is 1.54. The van der Waals surface area contributed by atoms with Gasteiger partial charge in [0.15, 0.2) is 0 Å². The Morgan fingerprint density at radius 1 is 1.29 bits per heavy atom. The second kappa shape index (κ2) is 9.88. The molecule has 10 heteroatoms. The van der Waals surface area contributed by atoms with Crippen LogP contribution in [0, 0.1) is 0 Å². The van der Waals surface area contributed by atoms with Gasteiger partial charge in [0.1, 0.15) is 4.90 Å². The second-order valence-corrected chi connectivity index (χ2v) is 9.29. The fourth-order valence-electron chi connectivity index (χ4n) is 3.46. The van der Waals surface area contributed by atoms with E-state index in [-0.39, 0.29) is 29.2 Å². The Labute approximate surface area is 182 Å². The zero-order valence-electron chi connectivity index (χ0n) is 17.5. The molecule has 0 bridgehead atoms. The molecule has 2 heterocycles. The van der Waals surface area contributed by atoms with Gasteiger partial charge < -0.3 is 10.6 Å². The Kier molecular flexibility index (Phi) is 7.24. The number of aromatic nitrogens is 2. The van der Waals surface area contributed by atoms with Gasteiger partial charge in [-0.1, -0.05) is 18.7 Å². The van der Waals surface area contributed by atoms with E-state index in [0.717, 1.165) is 5.56 Å². The van der Waals surface area contributed by atoms with Crippen LogP contribution in [0.2, 0.25) is 0 Å². The number of sulfonamides is 1. The van der Waals surface area contributed by atoms with E-state index in [1.165, 1.54) is 22.8 Å². The van der Waals surface area contributed by atoms with Gasteiger partial charge in [0.25, 0.3) is 0 Å². The summed E-state index contributed by atoms with van der Waals surface area (Å²) in [6, 6.07) is 6.98. The maximum Gasteiger partial charge on any atom is 0.247 e. The average Bonchev–Trinajstić information content (AvgIpc) is 3.24. The lowest BCUT2D eigenvalue weighted by molar-refractivity contribution is -0.121. The van der Waals surface area contributed by atoms with E-state index in [0.29, 0.717) is 38.2 Å². The van der Waals surface area contributed by atoms with Crippen LogP contribution in [0.4, 0.5) is 5.69 Å².